The molecule has 0 spiro atoms. The van der Waals surface area contributed by atoms with Gasteiger partial charge in [-0.2, -0.15) is 0 Å². The summed E-state index contributed by atoms with van der Waals surface area (Å²) in [5, 5.41) is 9.72. The molecule has 1 saturated heterocycles. The van der Waals surface area contributed by atoms with Gasteiger partial charge in [0.25, 0.3) is 5.91 Å². The Balaban J connectivity index is 1.94. The first kappa shape index (κ1) is 18.8. The van der Waals surface area contributed by atoms with Gasteiger partial charge in [0.15, 0.2) is 0 Å². The maximum absolute atomic E-state index is 13.1. The minimum Gasteiger partial charge on any atom is -0.496 e. The van der Waals surface area contributed by atoms with Crippen LogP contribution in [0.2, 0.25) is 0 Å². The number of carbonyl (C=O) groups excluding carboxylic acids is 1. The molecule has 6 heteroatoms. The fourth-order valence-electron chi connectivity index (χ4n) is 3.67. The number of carboxylic acid groups (broad SMARTS) is 1. The first-order chi connectivity index (χ1) is 13.0. The van der Waals surface area contributed by atoms with E-state index >= 15 is 0 Å². The van der Waals surface area contributed by atoms with Crippen molar-refractivity contribution >= 4 is 11.9 Å². The van der Waals surface area contributed by atoms with Gasteiger partial charge in [0.1, 0.15) is 11.5 Å². The highest BCUT2D eigenvalue weighted by atomic mass is 16.5. The van der Waals surface area contributed by atoms with E-state index in [1.54, 1.807) is 24.1 Å². The van der Waals surface area contributed by atoms with Crippen molar-refractivity contribution in [2.24, 2.45) is 5.92 Å². The van der Waals surface area contributed by atoms with Crippen molar-refractivity contribution in [3.63, 3.8) is 0 Å². The van der Waals surface area contributed by atoms with Crippen LogP contribution in [-0.2, 0) is 4.79 Å². The summed E-state index contributed by atoms with van der Waals surface area (Å²) < 4.78 is 10.7. The molecule has 2 aromatic carbocycles. The smallest absolute Gasteiger partial charge is 0.308 e. The molecule has 2 aromatic rings. The lowest BCUT2D eigenvalue weighted by Gasteiger charge is -2.19. The second-order valence-corrected chi connectivity index (χ2v) is 6.71. The Bertz CT molecular complexity index is 863. The molecule has 0 radical (unpaired) electrons. The number of amides is 1. The monoisotopic (exact) mass is 369 g/mol. The third-order valence-electron chi connectivity index (χ3n) is 5.05. The van der Waals surface area contributed by atoms with Crippen LogP contribution in [0.15, 0.2) is 42.5 Å². The molecule has 0 aromatic heterocycles. The van der Waals surface area contributed by atoms with Crippen LogP contribution < -0.4 is 9.47 Å². The lowest BCUT2D eigenvalue weighted by molar-refractivity contribution is -0.141. The molecule has 0 saturated carbocycles. The molecular formula is C21H23NO5. The van der Waals surface area contributed by atoms with Crippen LogP contribution >= 0.6 is 0 Å². The SMILES string of the molecule is COc1ccc(C)cc1C(=O)N1CC(C(=O)O)C(c2ccccc2OC)C1. The quantitative estimate of drug-likeness (QED) is 0.877. The fourth-order valence-corrected chi connectivity index (χ4v) is 3.67. The predicted molar refractivity (Wildman–Crippen MR) is 100 cm³/mol. The number of hydrogen-bond acceptors (Lipinski definition) is 4. The molecule has 1 heterocycles. The normalized spacial score (nSPS) is 19.0. The molecule has 1 amide bonds. The summed E-state index contributed by atoms with van der Waals surface area (Å²) in [6.45, 7) is 2.36. The van der Waals surface area contributed by atoms with E-state index in [4.69, 9.17) is 9.47 Å². The molecule has 2 unspecified atom stereocenters. The molecule has 1 aliphatic heterocycles. The number of nitrogens with zero attached hydrogens (tertiary/aromatic N) is 1. The number of carbonyl (C=O) groups is 2. The third-order valence-corrected chi connectivity index (χ3v) is 5.05. The number of benzene rings is 2. The Labute approximate surface area is 158 Å². The Morgan fingerprint density at radius 1 is 1.04 bits per heavy atom. The lowest BCUT2D eigenvalue weighted by Crippen LogP contribution is -2.30. The first-order valence-electron chi connectivity index (χ1n) is 8.76. The Morgan fingerprint density at radius 2 is 1.74 bits per heavy atom. The Morgan fingerprint density at radius 3 is 2.41 bits per heavy atom. The largest absolute Gasteiger partial charge is 0.496 e. The van der Waals surface area contributed by atoms with E-state index in [1.165, 1.54) is 7.11 Å². The molecule has 1 aliphatic rings. The highest BCUT2D eigenvalue weighted by molar-refractivity contribution is 5.97. The molecule has 3 rings (SSSR count). The molecule has 0 aliphatic carbocycles. The van der Waals surface area contributed by atoms with Gasteiger partial charge in [-0.1, -0.05) is 29.8 Å². The van der Waals surface area contributed by atoms with Crippen LogP contribution in [0.5, 0.6) is 11.5 Å². The lowest BCUT2D eigenvalue weighted by atomic mass is 9.88. The molecule has 1 N–H and O–H groups in total. The average Bonchev–Trinajstić information content (AvgIpc) is 3.13. The van der Waals surface area contributed by atoms with Gasteiger partial charge in [-0.3, -0.25) is 9.59 Å². The predicted octanol–water partition coefficient (Wildman–Crippen LogP) is 2.95. The number of methoxy groups -OCH3 is 2. The van der Waals surface area contributed by atoms with Crippen molar-refractivity contribution in [3.05, 3.63) is 59.2 Å². The van der Waals surface area contributed by atoms with E-state index in [2.05, 4.69) is 0 Å². The molecule has 6 nitrogen and oxygen atoms in total. The third kappa shape index (κ3) is 3.60. The van der Waals surface area contributed by atoms with Crippen LogP contribution in [0.25, 0.3) is 0 Å². The number of rotatable bonds is 5. The zero-order valence-electron chi connectivity index (χ0n) is 15.6. The zero-order valence-corrected chi connectivity index (χ0v) is 15.6. The van der Waals surface area contributed by atoms with Gasteiger partial charge in [0, 0.05) is 19.0 Å². The summed E-state index contributed by atoms with van der Waals surface area (Å²) in [5.74, 6) is -1.05. The van der Waals surface area contributed by atoms with Gasteiger partial charge in [-0.05, 0) is 30.7 Å². The number of para-hydroxylation sites is 1. The van der Waals surface area contributed by atoms with Crippen LogP contribution in [0.4, 0.5) is 0 Å². The summed E-state index contributed by atoms with van der Waals surface area (Å²) in [7, 11) is 3.08. The summed E-state index contributed by atoms with van der Waals surface area (Å²) in [6.07, 6.45) is 0. The Kier molecular flexibility index (Phi) is 5.35. The molecule has 27 heavy (non-hydrogen) atoms. The maximum atomic E-state index is 13.1. The minimum atomic E-state index is -0.919. The molecule has 1 fully saturated rings. The van der Waals surface area contributed by atoms with E-state index in [1.807, 2.05) is 37.3 Å². The molecule has 2 atom stereocenters. The highest BCUT2D eigenvalue weighted by Crippen LogP contribution is 2.38. The van der Waals surface area contributed by atoms with Crippen LogP contribution in [-0.4, -0.2) is 49.2 Å². The maximum Gasteiger partial charge on any atom is 0.308 e. The van der Waals surface area contributed by atoms with Gasteiger partial charge in [-0.15, -0.1) is 0 Å². The van der Waals surface area contributed by atoms with Gasteiger partial charge in [0.05, 0.1) is 25.7 Å². The standard InChI is InChI=1S/C21H23NO5/c1-13-8-9-19(27-3)15(10-13)20(23)22-11-16(17(12-22)21(24)25)14-6-4-5-7-18(14)26-2/h4-10,16-17H,11-12H2,1-3H3,(H,24,25). The summed E-state index contributed by atoms with van der Waals surface area (Å²) >= 11 is 0. The number of carboxylic acids is 1. The van der Waals surface area contributed by atoms with Crippen molar-refractivity contribution in [1.82, 2.24) is 4.90 Å². The number of aryl methyl sites for hydroxylation is 1. The van der Waals surface area contributed by atoms with E-state index in [-0.39, 0.29) is 18.4 Å². The van der Waals surface area contributed by atoms with E-state index in [9.17, 15) is 14.7 Å². The van der Waals surface area contributed by atoms with Crippen LogP contribution in [0.3, 0.4) is 0 Å². The molecule has 142 valence electrons. The van der Waals surface area contributed by atoms with Crippen LogP contribution in [0, 0.1) is 12.8 Å². The second kappa shape index (κ2) is 7.70. The van der Waals surface area contributed by atoms with Gasteiger partial charge < -0.3 is 19.5 Å². The number of aliphatic carboxylic acids is 1. The van der Waals surface area contributed by atoms with Crippen molar-refractivity contribution in [3.8, 4) is 11.5 Å². The van der Waals surface area contributed by atoms with Gasteiger partial charge in [0.2, 0.25) is 0 Å². The van der Waals surface area contributed by atoms with Crippen LogP contribution in [0.1, 0.15) is 27.4 Å². The molecule has 0 bridgehead atoms. The van der Waals surface area contributed by atoms with E-state index < -0.39 is 11.9 Å². The van der Waals surface area contributed by atoms with Crippen molar-refractivity contribution in [2.45, 2.75) is 12.8 Å². The highest BCUT2D eigenvalue weighted by Gasteiger charge is 2.42. The zero-order chi connectivity index (χ0) is 19.6. The fraction of sp³-hybridized carbons (Fsp3) is 0.333. The minimum absolute atomic E-state index is 0.147. The average molecular weight is 369 g/mol. The summed E-state index contributed by atoms with van der Waals surface area (Å²) in [4.78, 5) is 26.6. The first-order valence-corrected chi connectivity index (χ1v) is 8.76. The topological polar surface area (TPSA) is 76.1 Å². The number of likely N-dealkylation sites (tertiary alicyclic amines) is 1. The summed E-state index contributed by atoms with van der Waals surface area (Å²) in [5.41, 5.74) is 2.19. The molecular weight excluding hydrogens is 346 g/mol. The van der Waals surface area contributed by atoms with E-state index in [0.29, 0.717) is 23.6 Å². The van der Waals surface area contributed by atoms with Gasteiger partial charge >= 0.3 is 5.97 Å². The van der Waals surface area contributed by atoms with Crippen molar-refractivity contribution in [1.29, 1.82) is 0 Å². The second-order valence-electron chi connectivity index (χ2n) is 6.71. The summed E-state index contributed by atoms with van der Waals surface area (Å²) in [6, 6.07) is 12.8. The van der Waals surface area contributed by atoms with E-state index in [0.717, 1.165) is 11.1 Å². The Hall–Kier alpha value is -3.02. The van der Waals surface area contributed by atoms with Gasteiger partial charge in [-0.25, -0.2) is 0 Å². The number of hydrogen-bond donors (Lipinski definition) is 1. The number of ether oxygens (including phenoxy) is 2. The van der Waals surface area contributed by atoms with Crippen molar-refractivity contribution in [2.75, 3.05) is 27.3 Å². The van der Waals surface area contributed by atoms with Crippen molar-refractivity contribution < 1.29 is 24.2 Å².